The number of carbonyl (C=O) groups excluding carboxylic acids is 1. The Hall–Kier alpha value is -3.57. The lowest BCUT2D eigenvalue weighted by molar-refractivity contribution is 0.100. The molecule has 3 aromatic carbocycles. The van der Waals surface area contributed by atoms with E-state index in [2.05, 4.69) is 9.88 Å². The highest BCUT2D eigenvalue weighted by Gasteiger charge is 2.27. The fourth-order valence-corrected chi connectivity index (χ4v) is 4.36. The van der Waals surface area contributed by atoms with Crippen molar-refractivity contribution >= 4 is 34.1 Å². The van der Waals surface area contributed by atoms with E-state index < -0.39 is 5.91 Å². The first-order valence-corrected chi connectivity index (χ1v) is 10.9. The number of carbonyl (C=O) groups is 1. The summed E-state index contributed by atoms with van der Waals surface area (Å²) in [6, 6.07) is 25.3. The number of halogens is 1. The van der Waals surface area contributed by atoms with Gasteiger partial charge in [0.05, 0.1) is 17.6 Å². The van der Waals surface area contributed by atoms with Gasteiger partial charge in [0.15, 0.2) is 0 Å². The molecule has 0 bridgehead atoms. The van der Waals surface area contributed by atoms with Gasteiger partial charge in [0, 0.05) is 35.1 Å². The lowest BCUT2D eigenvalue weighted by Gasteiger charge is -2.22. The quantitative estimate of drug-likeness (QED) is 0.453. The molecule has 1 saturated heterocycles. The predicted molar refractivity (Wildman–Crippen MR) is 128 cm³/mol. The molecule has 1 atom stereocenters. The van der Waals surface area contributed by atoms with Crippen LogP contribution in [0.3, 0.4) is 0 Å². The smallest absolute Gasteiger partial charge is 0.250 e. The number of fused-ring (bicyclic) bond motifs is 1. The Morgan fingerprint density at radius 3 is 2.66 bits per heavy atom. The highest BCUT2D eigenvalue weighted by Crippen LogP contribution is 2.31. The van der Waals surface area contributed by atoms with Crippen molar-refractivity contribution in [3.05, 3.63) is 89.4 Å². The van der Waals surface area contributed by atoms with Crippen LogP contribution in [0.2, 0.25) is 5.02 Å². The molecule has 0 radical (unpaired) electrons. The molecule has 0 spiro atoms. The maximum absolute atomic E-state index is 12.2. The van der Waals surface area contributed by atoms with Crippen molar-refractivity contribution in [2.24, 2.45) is 5.73 Å². The number of amides is 1. The monoisotopic (exact) mass is 443 g/mol. The SMILES string of the molecule is NC(=O)c1cc(-c2ccccc2)ccc1N1CCC(Oc2ccc3cc(Cl)ccc3n2)C1. The number of benzene rings is 3. The van der Waals surface area contributed by atoms with Gasteiger partial charge in [-0.15, -0.1) is 0 Å². The highest BCUT2D eigenvalue weighted by atomic mass is 35.5. The third-order valence-corrected chi connectivity index (χ3v) is 6.00. The molecule has 2 N–H and O–H groups in total. The predicted octanol–water partition coefficient (Wildman–Crippen LogP) is 5.31. The molecule has 1 aliphatic rings. The Balaban J connectivity index is 1.35. The molecular formula is C26H22ClN3O2. The van der Waals surface area contributed by atoms with Crippen LogP contribution in [-0.4, -0.2) is 30.1 Å². The summed E-state index contributed by atoms with van der Waals surface area (Å²) >= 11 is 6.05. The van der Waals surface area contributed by atoms with Crippen LogP contribution >= 0.6 is 11.6 Å². The van der Waals surface area contributed by atoms with Crippen LogP contribution in [0.1, 0.15) is 16.8 Å². The lowest BCUT2D eigenvalue weighted by Crippen LogP contribution is -2.27. The molecule has 5 rings (SSSR count). The van der Waals surface area contributed by atoms with Gasteiger partial charge in [-0.1, -0.05) is 48.0 Å². The van der Waals surface area contributed by atoms with E-state index in [0.717, 1.165) is 40.7 Å². The fraction of sp³-hybridized carbons (Fsp3) is 0.154. The zero-order chi connectivity index (χ0) is 22.1. The van der Waals surface area contributed by atoms with E-state index in [4.69, 9.17) is 22.1 Å². The number of nitrogens with zero attached hydrogens (tertiary/aromatic N) is 2. The van der Waals surface area contributed by atoms with Crippen LogP contribution in [0.15, 0.2) is 78.9 Å². The molecule has 160 valence electrons. The van der Waals surface area contributed by atoms with Gasteiger partial charge >= 0.3 is 0 Å². The molecule has 2 heterocycles. The van der Waals surface area contributed by atoms with Crippen molar-refractivity contribution in [2.75, 3.05) is 18.0 Å². The molecule has 0 aliphatic carbocycles. The number of pyridine rings is 1. The second-order valence-electron chi connectivity index (χ2n) is 7.92. The molecule has 1 aliphatic heterocycles. The summed E-state index contributed by atoms with van der Waals surface area (Å²) in [5.74, 6) is 0.151. The molecule has 4 aromatic rings. The molecule has 1 aromatic heterocycles. The summed E-state index contributed by atoms with van der Waals surface area (Å²) in [4.78, 5) is 19.0. The van der Waals surface area contributed by atoms with Gasteiger partial charge in [0.25, 0.3) is 5.91 Å². The summed E-state index contributed by atoms with van der Waals surface area (Å²) in [7, 11) is 0. The van der Waals surface area contributed by atoms with Crippen molar-refractivity contribution in [3.8, 4) is 17.0 Å². The van der Waals surface area contributed by atoms with Crippen molar-refractivity contribution in [3.63, 3.8) is 0 Å². The van der Waals surface area contributed by atoms with E-state index in [1.807, 2.05) is 78.9 Å². The molecule has 1 fully saturated rings. The maximum atomic E-state index is 12.2. The summed E-state index contributed by atoms with van der Waals surface area (Å²) in [6.07, 6.45) is 0.806. The maximum Gasteiger partial charge on any atom is 0.250 e. The molecule has 6 heteroatoms. The van der Waals surface area contributed by atoms with Gasteiger partial charge in [-0.05, 0) is 47.5 Å². The first kappa shape index (κ1) is 20.3. The van der Waals surface area contributed by atoms with Gasteiger partial charge in [-0.25, -0.2) is 4.98 Å². The second-order valence-corrected chi connectivity index (χ2v) is 8.36. The van der Waals surface area contributed by atoms with Crippen LogP contribution in [-0.2, 0) is 0 Å². The van der Waals surface area contributed by atoms with Crippen molar-refractivity contribution < 1.29 is 9.53 Å². The topological polar surface area (TPSA) is 68.5 Å². The summed E-state index contributed by atoms with van der Waals surface area (Å²) < 4.78 is 6.16. The second kappa shape index (κ2) is 8.52. The standard InChI is InChI=1S/C26H22ClN3O2/c27-20-8-9-23-19(14-20)7-11-25(29-23)32-21-12-13-30(16-21)24-10-6-18(15-22(24)26(28)31)17-4-2-1-3-5-17/h1-11,14-15,21H,12-13,16H2,(H2,28,31). The molecular weight excluding hydrogens is 422 g/mol. The Labute approximate surface area is 191 Å². The first-order chi connectivity index (χ1) is 15.6. The van der Waals surface area contributed by atoms with Crippen LogP contribution in [0.25, 0.3) is 22.0 Å². The third-order valence-electron chi connectivity index (χ3n) is 5.77. The van der Waals surface area contributed by atoms with Crippen molar-refractivity contribution in [1.29, 1.82) is 0 Å². The zero-order valence-electron chi connectivity index (χ0n) is 17.4. The minimum Gasteiger partial charge on any atom is -0.472 e. The van der Waals surface area contributed by atoms with Crippen LogP contribution in [0.5, 0.6) is 5.88 Å². The number of primary amides is 1. The number of ether oxygens (including phenoxy) is 1. The van der Waals surface area contributed by atoms with Crippen LogP contribution in [0, 0.1) is 0 Å². The molecule has 1 amide bonds. The van der Waals surface area contributed by atoms with Crippen LogP contribution < -0.4 is 15.4 Å². The van der Waals surface area contributed by atoms with Gasteiger partial charge in [0.1, 0.15) is 6.10 Å². The third kappa shape index (κ3) is 4.12. The highest BCUT2D eigenvalue weighted by molar-refractivity contribution is 6.31. The van der Waals surface area contributed by atoms with E-state index in [1.165, 1.54) is 0 Å². The molecule has 32 heavy (non-hydrogen) atoms. The Kier molecular flexibility index (Phi) is 5.41. The number of anilines is 1. The van der Waals surface area contributed by atoms with Crippen molar-refractivity contribution in [2.45, 2.75) is 12.5 Å². The average molecular weight is 444 g/mol. The van der Waals surface area contributed by atoms with Gasteiger partial charge in [-0.3, -0.25) is 4.79 Å². The fourth-order valence-electron chi connectivity index (χ4n) is 4.18. The van der Waals surface area contributed by atoms with E-state index >= 15 is 0 Å². The zero-order valence-corrected chi connectivity index (χ0v) is 18.1. The van der Waals surface area contributed by atoms with E-state index in [0.29, 0.717) is 23.0 Å². The number of nitrogens with two attached hydrogens (primary N) is 1. The van der Waals surface area contributed by atoms with E-state index in [1.54, 1.807) is 0 Å². The Morgan fingerprint density at radius 2 is 1.84 bits per heavy atom. The first-order valence-electron chi connectivity index (χ1n) is 10.5. The molecule has 1 unspecified atom stereocenters. The summed E-state index contributed by atoms with van der Waals surface area (Å²) in [5, 5.41) is 1.66. The summed E-state index contributed by atoms with van der Waals surface area (Å²) in [5.41, 5.74) is 9.95. The van der Waals surface area contributed by atoms with E-state index in [-0.39, 0.29) is 6.10 Å². The minimum absolute atomic E-state index is 0.0261. The normalized spacial score (nSPS) is 15.8. The lowest BCUT2D eigenvalue weighted by atomic mass is 10.0. The minimum atomic E-state index is -0.433. The molecule has 5 nitrogen and oxygen atoms in total. The van der Waals surface area contributed by atoms with Crippen molar-refractivity contribution in [1.82, 2.24) is 4.98 Å². The van der Waals surface area contributed by atoms with E-state index in [9.17, 15) is 4.79 Å². The van der Waals surface area contributed by atoms with Gasteiger partial charge in [-0.2, -0.15) is 0 Å². The number of rotatable bonds is 5. The largest absolute Gasteiger partial charge is 0.472 e. The van der Waals surface area contributed by atoms with Gasteiger partial charge in [0.2, 0.25) is 5.88 Å². The molecule has 0 saturated carbocycles. The number of hydrogen-bond acceptors (Lipinski definition) is 4. The van der Waals surface area contributed by atoms with Crippen LogP contribution in [0.4, 0.5) is 5.69 Å². The van der Waals surface area contributed by atoms with Gasteiger partial charge < -0.3 is 15.4 Å². The number of aromatic nitrogens is 1. The number of hydrogen-bond donors (Lipinski definition) is 1. The summed E-state index contributed by atoms with van der Waals surface area (Å²) in [6.45, 7) is 1.43. The average Bonchev–Trinajstić information content (AvgIpc) is 3.27. The Morgan fingerprint density at radius 1 is 1.00 bits per heavy atom. The Bertz CT molecular complexity index is 1290.